The lowest BCUT2D eigenvalue weighted by Gasteiger charge is -2.34. The van der Waals surface area contributed by atoms with Gasteiger partial charge in [-0.1, -0.05) is 24.3 Å². The van der Waals surface area contributed by atoms with Crippen molar-refractivity contribution in [1.82, 2.24) is 4.90 Å². The van der Waals surface area contributed by atoms with Gasteiger partial charge in [-0.15, -0.1) is 0 Å². The Hall–Kier alpha value is -2.83. The molecule has 1 fully saturated rings. The van der Waals surface area contributed by atoms with Crippen LogP contribution < -0.4 is 10.4 Å². The largest absolute Gasteiger partial charge is 0.507 e. The summed E-state index contributed by atoms with van der Waals surface area (Å²) in [6, 6.07) is 14.1. The van der Waals surface area contributed by atoms with Crippen LogP contribution in [0.5, 0.6) is 11.5 Å². The van der Waals surface area contributed by atoms with Crippen LogP contribution in [0.1, 0.15) is 17.2 Å². The molecule has 6 heteroatoms. The molecule has 140 valence electrons. The summed E-state index contributed by atoms with van der Waals surface area (Å²) in [5.41, 5.74) is 0.929. The Morgan fingerprint density at radius 1 is 1.11 bits per heavy atom. The first-order chi connectivity index (χ1) is 13.2. The smallest absolute Gasteiger partial charge is 0.345 e. The van der Waals surface area contributed by atoms with Crippen LogP contribution in [0.3, 0.4) is 0 Å². The van der Waals surface area contributed by atoms with Crippen LogP contribution in [0.15, 0.2) is 57.7 Å². The minimum atomic E-state index is -0.537. The summed E-state index contributed by atoms with van der Waals surface area (Å²) < 4.78 is 16.3. The van der Waals surface area contributed by atoms with Gasteiger partial charge in [0.2, 0.25) is 0 Å². The van der Waals surface area contributed by atoms with Crippen LogP contribution in [-0.4, -0.2) is 43.4 Å². The van der Waals surface area contributed by atoms with Crippen molar-refractivity contribution in [2.75, 3.05) is 33.4 Å². The van der Waals surface area contributed by atoms with Crippen LogP contribution >= 0.6 is 0 Å². The van der Waals surface area contributed by atoms with Crippen molar-refractivity contribution in [2.45, 2.75) is 6.04 Å². The first kappa shape index (κ1) is 17.6. The maximum absolute atomic E-state index is 12.9. The second-order valence-electron chi connectivity index (χ2n) is 6.48. The quantitative estimate of drug-likeness (QED) is 0.715. The molecule has 3 aromatic rings. The standard InChI is InChI=1S/C21H21NO5/c1-25-15-6-4-5-14(13-15)19(22-9-11-26-12-10-22)18-20(23)16-7-2-3-8-17(16)27-21(18)24/h2-8,13,19,23H,9-12H2,1H3. The van der Waals surface area contributed by atoms with E-state index in [1.807, 2.05) is 24.3 Å². The van der Waals surface area contributed by atoms with E-state index in [2.05, 4.69) is 4.90 Å². The number of benzene rings is 2. The zero-order valence-corrected chi connectivity index (χ0v) is 15.1. The van der Waals surface area contributed by atoms with Gasteiger partial charge in [0, 0.05) is 13.1 Å². The molecule has 0 bridgehead atoms. The molecule has 2 aromatic carbocycles. The van der Waals surface area contributed by atoms with Crippen molar-refractivity contribution >= 4 is 11.0 Å². The van der Waals surface area contributed by atoms with Crippen molar-refractivity contribution < 1.29 is 19.0 Å². The van der Waals surface area contributed by atoms with Crippen molar-refractivity contribution in [3.05, 3.63) is 70.1 Å². The summed E-state index contributed by atoms with van der Waals surface area (Å²) in [6.07, 6.45) is 0. The average Bonchev–Trinajstić information content (AvgIpc) is 2.71. The second-order valence-corrected chi connectivity index (χ2v) is 6.48. The number of para-hydroxylation sites is 1. The number of aromatic hydroxyl groups is 1. The number of hydrogen-bond acceptors (Lipinski definition) is 6. The number of fused-ring (bicyclic) bond motifs is 1. The molecule has 0 saturated carbocycles. The Kier molecular flexibility index (Phi) is 4.83. The molecule has 1 aromatic heterocycles. The normalized spacial score (nSPS) is 16.3. The monoisotopic (exact) mass is 367 g/mol. The predicted molar refractivity (Wildman–Crippen MR) is 101 cm³/mol. The first-order valence-corrected chi connectivity index (χ1v) is 8.89. The second kappa shape index (κ2) is 7.42. The van der Waals surface area contributed by atoms with Crippen LogP contribution in [0.4, 0.5) is 0 Å². The average molecular weight is 367 g/mol. The number of ether oxygens (including phenoxy) is 2. The van der Waals surface area contributed by atoms with Gasteiger partial charge < -0.3 is 19.0 Å². The lowest BCUT2D eigenvalue weighted by atomic mass is 9.95. The zero-order valence-electron chi connectivity index (χ0n) is 15.1. The highest BCUT2D eigenvalue weighted by atomic mass is 16.5. The third-order valence-electron chi connectivity index (χ3n) is 4.91. The van der Waals surface area contributed by atoms with Gasteiger partial charge >= 0.3 is 5.63 Å². The Morgan fingerprint density at radius 2 is 1.89 bits per heavy atom. The fourth-order valence-electron chi connectivity index (χ4n) is 3.60. The fourth-order valence-corrected chi connectivity index (χ4v) is 3.60. The molecule has 0 aliphatic carbocycles. The molecule has 2 heterocycles. The topological polar surface area (TPSA) is 72.1 Å². The molecular formula is C21H21NO5. The van der Waals surface area contributed by atoms with Crippen molar-refractivity contribution in [3.63, 3.8) is 0 Å². The van der Waals surface area contributed by atoms with E-state index in [-0.39, 0.29) is 11.3 Å². The summed E-state index contributed by atoms with van der Waals surface area (Å²) in [6.45, 7) is 2.43. The highest BCUT2D eigenvalue weighted by molar-refractivity contribution is 5.84. The van der Waals surface area contributed by atoms with E-state index in [0.717, 1.165) is 5.56 Å². The molecule has 0 radical (unpaired) electrons. The van der Waals surface area contributed by atoms with E-state index < -0.39 is 11.7 Å². The Balaban J connectivity index is 1.93. The van der Waals surface area contributed by atoms with Gasteiger partial charge in [0.25, 0.3) is 0 Å². The molecule has 0 amide bonds. The Labute approximate surface area is 156 Å². The summed E-state index contributed by atoms with van der Waals surface area (Å²) in [5.74, 6) is 0.650. The summed E-state index contributed by atoms with van der Waals surface area (Å²) >= 11 is 0. The molecular weight excluding hydrogens is 346 g/mol. The van der Waals surface area contributed by atoms with E-state index in [1.54, 1.807) is 31.4 Å². The predicted octanol–water partition coefficient (Wildman–Crippen LogP) is 2.93. The summed E-state index contributed by atoms with van der Waals surface area (Å²) in [7, 11) is 1.60. The fraction of sp³-hybridized carbons (Fsp3) is 0.286. The maximum atomic E-state index is 12.9. The molecule has 1 unspecified atom stereocenters. The van der Waals surface area contributed by atoms with Crippen molar-refractivity contribution in [3.8, 4) is 11.5 Å². The van der Waals surface area contributed by atoms with Gasteiger partial charge in [-0.25, -0.2) is 4.79 Å². The molecule has 27 heavy (non-hydrogen) atoms. The van der Waals surface area contributed by atoms with Crippen LogP contribution in [0.2, 0.25) is 0 Å². The molecule has 4 rings (SSSR count). The number of morpholine rings is 1. The van der Waals surface area contributed by atoms with E-state index in [1.165, 1.54) is 0 Å². The van der Waals surface area contributed by atoms with Crippen molar-refractivity contribution in [1.29, 1.82) is 0 Å². The molecule has 1 aliphatic heterocycles. The molecule has 1 atom stereocenters. The minimum Gasteiger partial charge on any atom is -0.507 e. The summed E-state index contributed by atoms with van der Waals surface area (Å²) in [4.78, 5) is 15.0. The highest BCUT2D eigenvalue weighted by Gasteiger charge is 2.31. The van der Waals surface area contributed by atoms with Gasteiger partial charge in [0.05, 0.1) is 31.8 Å². The Bertz CT molecular complexity index is 1010. The maximum Gasteiger partial charge on any atom is 0.345 e. The molecule has 6 nitrogen and oxygen atoms in total. The Morgan fingerprint density at radius 3 is 2.67 bits per heavy atom. The van der Waals surface area contributed by atoms with Gasteiger partial charge in [-0.05, 0) is 29.8 Å². The van der Waals surface area contributed by atoms with Crippen LogP contribution in [-0.2, 0) is 4.74 Å². The number of rotatable bonds is 4. The van der Waals surface area contributed by atoms with Gasteiger partial charge in [-0.3, -0.25) is 4.90 Å². The molecule has 0 spiro atoms. The van der Waals surface area contributed by atoms with E-state index >= 15 is 0 Å². The van der Waals surface area contributed by atoms with E-state index in [4.69, 9.17) is 13.9 Å². The lowest BCUT2D eigenvalue weighted by molar-refractivity contribution is 0.0230. The number of hydrogen-bond donors (Lipinski definition) is 1. The SMILES string of the molecule is COc1cccc(C(c2c(O)c3ccccc3oc2=O)N2CCOCC2)c1. The van der Waals surface area contributed by atoms with Crippen LogP contribution in [0, 0.1) is 0 Å². The number of nitrogens with zero attached hydrogens (tertiary/aromatic N) is 1. The zero-order chi connectivity index (χ0) is 18.8. The molecule has 1 aliphatic rings. The third-order valence-corrected chi connectivity index (χ3v) is 4.91. The van der Waals surface area contributed by atoms with Crippen molar-refractivity contribution in [2.24, 2.45) is 0 Å². The van der Waals surface area contributed by atoms with E-state index in [9.17, 15) is 9.90 Å². The highest BCUT2D eigenvalue weighted by Crippen LogP contribution is 2.37. The first-order valence-electron chi connectivity index (χ1n) is 8.89. The molecule has 1 N–H and O–H groups in total. The third kappa shape index (κ3) is 3.29. The summed E-state index contributed by atoms with van der Waals surface area (Å²) in [5, 5.41) is 11.5. The van der Waals surface area contributed by atoms with Crippen LogP contribution in [0.25, 0.3) is 11.0 Å². The lowest BCUT2D eigenvalue weighted by Crippen LogP contribution is -2.41. The number of methoxy groups -OCH3 is 1. The van der Waals surface area contributed by atoms with E-state index in [0.29, 0.717) is 43.0 Å². The molecule has 1 saturated heterocycles. The van der Waals surface area contributed by atoms with Gasteiger partial charge in [-0.2, -0.15) is 0 Å². The minimum absolute atomic E-state index is 0.0406. The van der Waals surface area contributed by atoms with Gasteiger partial charge in [0.1, 0.15) is 22.6 Å². The van der Waals surface area contributed by atoms with Gasteiger partial charge in [0.15, 0.2) is 0 Å².